The van der Waals surface area contributed by atoms with Crippen molar-refractivity contribution in [3.8, 4) is 0 Å². The third-order valence-corrected chi connectivity index (χ3v) is 6.67. The average molecular weight is 523 g/mol. The maximum Gasteiger partial charge on any atom is 0.351 e. The molecular formula is C25H42N6O6. The van der Waals surface area contributed by atoms with Crippen LogP contribution in [0.3, 0.4) is 0 Å². The summed E-state index contributed by atoms with van der Waals surface area (Å²) in [5.74, 6) is -0.562. The largest absolute Gasteiger partial charge is 0.462 e. The third kappa shape index (κ3) is 9.62. The van der Waals surface area contributed by atoms with Gasteiger partial charge in [0.2, 0.25) is 5.72 Å². The molecule has 2 heterocycles. The minimum Gasteiger partial charge on any atom is -0.462 e. The van der Waals surface area contributed by atoms with E-state index in [1.54, 1.807) is 0 Å². The second-order valence-electron chi connectivity index (χ2n) is 9.67. The third-order valence-electron chi connectivity index (χ3n) is 6.67. The number of hydrogen-bond donors (Lipinski definition) is 3. The van der Waals surface area contributed by atoms with Crippen LogP contribution >= 0.6 is 0 Å². The molecular weight excluding hydrogens is 480 g/mol. The number of hydrogen-bond acceptors (Lipinski definition) is 9. The SMILES string of the molecule is CCCCCCCCCCCCCCCC(=O)OC[C@@]1(N=[N+]=[N-])OC(n2ccc(N)nc2=O)[C@H](O)[C@@H]1O. The molecule has 0 radical (unpaired) electrons. The Hall–Kier alpha value is -2.66. The smallest absolute Gasteiger partial charge is 0.351 e. The lowest BCUT2D eigenvalue weighted by Gasteiger charge is -2.26. The Morgan fingerprint density at radius 1 is 1.14 bits per heavy atom. The zero-order valence-electron chi connectivity index (χ0n) is 21.8. The van der Waals surface area contributed by atoms with Gasteiger partial charge in [0.25, 0.3) is 0 Å². The number of unbranched alkanes of at least 4 members (excludes halogenated alkanes) is 12. The number of carbonyl (C=O) groups is 1. The van der Waals surface area contributed by atoms with Gasteiger partial charge in [-0.25, -0.2) is 4.79 Å². The van der Waals surface area contributed by atoms with Gasteiger partial charge < -0.3 is 25.4 Å². The fourth-order valence-electron chi connectivity index (χ4n) is 4.46. The first-order valence-electron chi connectivity index (χ1n) is 13.4. The van der Waals surface area contributed by atoms with Crippen LogP contribution in [0.25, 0.3) is 10.4 Å². The fraction of sp³-hybridized carbons (Fsp3) is 0.800. The van der Waals surface area contributed by atoms with E-state index in [4.69, 9.17) is 20.7 Å². The fourth-order valence-corrected chi connectivity index (χ4v) is 4.46. The number of nitrogen functional groups attached to an aromatic ring is 1. The monoisotopic (exact) mass is 522 g/mol. The van der Waals surface area contributed by atoms with Crippen molar-refractivity contribution in [2.75, 3.05) is 12.3 Å². The van der Waals surface area contributed by atoms with E-state index in [0.717, 1.165) is 23.8 Å². The summed E-state index contributed by atoms with van der Waals surface area (Å²) in [5.41, 5.74) is 11.6. The molecule has 1 aliphatic heterocycles. The highest BCUT2D eigenvalue weighted by Gasteiger charge is 2.56. The summed E-state index contributed by atoms with van der Waals surface area (Å²) in [5, 5.41) is 24.4. The first kappa shape index (κ1) is 30.6. The minimum atomic E-state index is -2.09. The highest BCUT2D eigenvalue weighted by molar-refractivity contribution is 5.69. The molecule has 1 aromatic heterocycles. The van der Waals surface area contributed by atoms with Crippen molar-refractivity contribution < 1.29 is 24.5 Å². The minimum absolute atomic E-state index is 0.0299. The molecule has 12 heteroatoms. The maximum absolute atomic E-state index is 12.2. The topological polar surface area (TPSA) is 186 Å². The van der Waals surface area contributed by atoms with Crippen LogP contribution < -0.4 is 11.4 Å². The van der Waals surface area contributed by atoms with Gasteiger partial charge in [-0.15, -0.1) is 0 Å². The lowest BCUT2D eigenvalue weighted by Crippen LogP contribution is -2.45. The van der Waals surface area contributed by atoms with E-state index in [9.17, 15) is 19.8 Å². The van der Waals surface area contributed by atoms with Gasteiger partial charge in [0.15, 0.2) is 6.23 Å². The van der Waals surface area contributed by atoms with Gasteiger partial charge in [-0.05, 0) is 18.0 Å². The van der Waals surface area contributed by atoms with Crippen molar-refractivity contribution in [2.24, 2.45) is 5.11 Å². The van der Waals surface area contributed by atoms with Crippen LogP contribution in [0.1, 0.15) is 103 Å². The normalized spacial score (nSPS) is 23.1. The Morgan fingerprint density at radius 2 is 1.70 bits per heavy atom. The van der Waals surface area contributed by atoms with Crippen molar-refractivity contribution >= 4 is 11.8 Å². The van der Waals surface area contributed by atoms with Gasteiger partial charge >= 0.3 is 11.7 Å². The molecule has 0 saturated carbocycles. The predicted molar refractivity (Wildman–Crippen MR) is 138 cm³/mol. The van der Waals surface area contributed by atoms with E-state index in [1.165, 1.54) is 70.1 Å². The molecule has 1 saturated heterocycles. The number of ether oxygens (including phenoxy) is 2. The molecule has 1 aromatic rings. The Labute approximate surface area is 217 Å². The van der Waals surface area contributed by atoms with E-state index in [2.05, 4.69) is 21.9 Å². The van der Waals surface area contributed by atoms with Crippen LogP contribution in [-0.4, -0.2) is 50.3 Å². The summed E-state index contributed by atoms with van der Waals surface area (Å²) >= 11 is 0. The van der Waals surface area contributed by atoms with Crippen molar-refractivity contribution in [3.05, 3.63) is 33.2 Å². The predicted octanol–water partition coefficient (Wildman–Crippen LogP) is 4.11. The van der Waals surface area contributed by atoms with Crippen LogP contribution in [0.2, 0.25) is 0 Å². The summed E-state index contributed by atoms with van der Waals surface area (Å²) in [7, 11) is 0. The van der Waals surface area contributed by atoms with Crippen LogP contribution in [0, 0.1) is 0 Å². The highest BCUT2D eigenvalue weighted by Crippen LogP contribution is 2.38. The molecule has 12 nitrogen and oxygen atoms in total. The number of azide groups is 1. The Kier molecular flexibility index (Phi) is 13.4. The number of anilines is 1. The number of esters is 1. The van der Waals surface area contributed by atoms with Crippen molar-refractivity contribution in [1.82, 2.24) is 9.55 Å². The Morgan fingerprint density at radius 3 is 2.24 bits per heavy atom. The number of nitrogens with zero attached hydrogens (tertiary/aromatic N) is 5. The summed E-state index contributed by atoms with van der Waals surface area (Å²) < 4.78 is 11.7. The van der Waals surface area contributed by atoms with Gasteiger partial charge in [0.1, 0.15) is 24.6 Å². The first-order chi connectivity index (χ1) is 17.8. The second-order valence-corrected chi connectivity index (χ2v) is 9.67. The van der Waals surface area contributed by atoms with Crippen molar-refractivity contribution in [2.45, 2.75) is 121 Å². The van der Waals surface area contributed by atoms with Crippen LogP contribution in [-0.2, 0) is 14.3 Å². The van der Waals surface area contributed by atoms with Crippen LogP contribution in [0.5, 0.6) is 0 Å². The molecule has 1 unspecified atom stereocenters. The molecule has 0 bridgehead atoms. The summed E-state index contributed by atoms with van der Waals surface area (Å²) in [6.45, 7) is 1.62. The Bertz CT molecular complexity index is 936. The van der Waals surface area contributed by atoms with Crippen molar-refractivity contribution in [3.63, 3.8) is 0 Å². The molecule has 0 spiro atoms. The van der Waals surface area contributed by atoms with Gasteiger partial charge in [-0.2, -0.15) is 4.98 Å². The molecule has 0 aliphatic carbocycles. The lowest BCUT2D eigenvalue weighted by molar-refractivity contribution is -0.165. The van der Waals surface area contributed by atoms with Gasteiger partial charge in [0.05, 0.1) is 0 Å². The van der Waals surface area contributed by atoms with E-state index in [1.807, 2.05) is 0 Å². The van der Waals surface area contributed by atoms with E-state index >= 15 is 0 Å². The molecule has 37 heavy (non-hydrogen) atoms. The van der Waals surface area contributed by atoms with E-state index in [-0.39, 0.29) is 12.2 Å². The first-order valence-corrected chi connectivity index (χ1v) is 13.4. The Balaban J connectivity index is 1.69. The average Bonchev–Trinajstić information content (AvgIpc) is 3.11. The van der Waals surface area contributed by atoms with Crippen molar-refractivity contribution in [1.29, 1.82) is 0 Å². The maximum atomic E-state index is 12.2. The molecule has 1 fully saturated rings. The zero-order valence-corrected chi connectivity index (χ0v) is 21.8. The summed E-state index contributed by atoms with van der Waals surface area (Å²) in [4.78, 5) is 30.6. The number of nitrogens with two attached hydrogens (primary N) is 1. The molecule has 1 aliphatic rings. The van der Waals surface area contributed by atoms with Gasteiger partial charge in [-0.1, -0.05) is 89.1 Å². The number of aromatic nitrogens is 2. The summed E-state index contributed by atoms with van der Waals surface area (Å²) in [6, 6.07) is 1.31. The molecule has 208 valence electrons. The quantitative estimate of drug-likeness (QED) is 0.0844. The number of rotatable bonds is 18. The molecule has 4 atom stereocenters. The van der Waals surface area contributed by atoms with Crippen LogP contribution in [0.4, 0.5) is 5.82 Å². The summed E-state index contributed by atoms with van der Waals surface area (Å²) in [6.07, 6.45) is 12.1. The van der Waals surface area contributed by atoms with E-state index in [0.29, 0.717) is 6.42 Å². The standard InChI is InChI=1S/C25H42N6O6/c1-2-3-4-5-6-7-8-9-10-11-12-13-14-15-20(32)36-18-25(29-30-27)22(34)21(33)23(37-25)31-17-16-19(26)28-24(31)35/h16-17,21-23,33-34H,2-15,18H2,1H3,(H2,26,28,35)/t21-,22+,23?,25-/m1/s1. The number of aliphatic hydroxyl groups is 2. The molecule has 4 N–H and O–H groups in total. The van der Waals surface area contributed by atoms with E-state index < -0.39 is 42.4 Å². The number of aliphatic hydroxyl groups excluding tert-OH is 2. The van der Waals surface area contributed by atoms with Gasteiger partial charge in [-0.3, -0.25) is 9.36 Å². The molecule has 2 rings (SSSR count). The zero-order chi connectivity index (χ0) is 27.1. The van der Waals surface area contributed by atoms with Gasteiger partial charge in [0, 0.05) is 17.5 Å². The highest BCUT2D eigenvalue weighted by atomic mass is 16.6. The molecule has 0 aromatic carbocycles. The lowest BCUT2D eigenvalue weighted by atomic mass is 10.0. The number of carbonyl (C=O) groups excluding carboxylic acids is 1. The second kappa shape index (κ2) is 16.2. The molecule has 0 amide bonds. The van der Waals surface area contributed by atoms with Crippen LogP contribution in [0.15, 0.2) is 22.2 Å².